The quantitative estimate of drug-likeness (QED) is 0.562. The molecule has 0 aromatic heterocycles. The number of hydrazine groups is 1. The number of anilines is 1. The van der Waals surface area contributed by atoms with E-state index in [9.17, 15) is 4.79 Å². The van der Waals surface area contributed by atoms with Gasteiger partial charge < -0.3 is 10.7 Å². The predicted octanol–water partition coefficient (Wildman–Crippen LogP) is 1.89. The van der Waals surface area contributed by atoms with Gasteiger partial charge in [0.25, 0.3) is 5.91 Å². The fourth-order valence-corrected chi connectivity index (χ4v) is 3.47. The van der Waals surface area contributed by atoms with Crippen LogP contribution >= 0.6 is 0 Å². The number of para-hydroxylation sites is 1. The zero-order valence-corrected chi connectivity index (χ0v) is 10.4. The molecule has 2 aliphatic rings. The van der Waals surface area contributed by atoms with Crippen molar-refractivity contribution in [3.05, 3.63) is 29.8 Å². The molecule has 0 saturated heterocycles. The minimum absolute atomic E-state index is 0.0129. The van der Waals surface area contributed by atoms with Crippen molar-refractivity contribution >= 4 is 11.6 Å². The number of nitrogens with one attached hydrogen (secondary N) is 2. The highest BCUT2D eigenvalue weighted by atomic mass is 16.1. The van der Waals surface area contributed by atoms with Crippen LogP contribution in [0.5, 0.6) is 0 Å². The van der Waals surface area contributed by atoms with E-state index in [1.165, 1.54) is 19.3 Å². The number of amides is 1. The summed E-state index contributed by atoms with van der Waals surface area (Å²) in [4.78, 5) is 12.3. The molecule has 2 aliphatic carbocycles. The molecule has 3 rings (SSSR count). The third-order valence-electron chi connectivity index (χ3n) is 4.38. The first-order chi connectivity index (χ1) is 8.78. The second-order valence-corrected chi connectivity index (χ2v) is 5.44. The summed E-state index contributed by atoms with van der Waals surface area (Å²) in [6, 6.07) is 7.70. The first-order valence-corrected chi connectivity index (χ1v) is 6.64. The molecule has 1 aromatic carbocycles. The smallest absolute Gasteiger partial charge is 0.253 e. The molecule has 96 valence electrons. The normalized spacial score (nSPS) is 29.3. The Morgan fingerprint density at radius 1 is 1.22 bits per heavy atom. The van der Waals surface area contributed by atoms with Crippen molar-refractivity contribution in [1.82, 2.24) is 5.32 Å². The van der Waals surface area contributed by atoms with E-state index in [1.807, 2.05) is 18.2 Å². The van der Waals surface area contributed by atoms with E-state index in [0.717, 1.165) is 12.3 Å². The van der Waals surface area contributed by atoms with Crippen LogP contribution in [0.15, 0.2) is 24.3 Å². The van der Waals surface area contributed by atoms with Crippen LogP contribution in [0.4, 0.5) is 5.69 Å². The molecule has 0 spiro atoms. The van der Waals surface area contributed by atoms with E-state index in [-0.39, 0.29) is 5.91 Å². The van der Waals surface area contributed by atoms with Crippen molar-refractivity contribution in [3.63, 3.8) is 0 Å². The number of hydrogen-bond donors (Lipinski definition) is 3. The second kappa shape index (κ2) is 4.61. The molecule has 0 radical (unpaired) electrons. The van der Waals surface area contributed by atoms with Gasteiger partial charge in [-0.15, -0.1) is 0 Å². The van der Waals surface area contributed by atoms with Crippen LogP contribution in [-0.4, -0.2) is 11.9 Å². The number of hydrogen-bond acceptors (Lipinski definition) is 3. The van der Waals surface area contributed by atoms with Crippen molar-refractivity contribution in [2.24, 2.45) is 17.7 Å². The van der Waals surface area contributed by atoms with Crippen LogP contribution in [0.2, 0.25) is 0 Å². The minimum Gasteiger partial charge on any atom is -0.349 e. The average molecular weight is 245 g/mol. The molecule has 2 fully saturated rings. The molecule has 1 aromatic rings. The van der Waals surface area contributed by atoms with Crippen molar-refractivity contribution in [3.8, 4) is 0 Å². The van der Waals surface area contributed by atoms with Gasteiger partial charge in [-0.2, -0.15) is 0 Å². The minimum atomic E-state index is -0.0129. The first kappa shape index (κ1) is 11.5. The predicted molar refractivity (Wildman–Crippen MR) is 71.0 cm³/mol. The fourth-order valence-electron chi connectivity index (χ4n) is 3.47. The zero-order valence-electron chi connectivity index (χ0n) is 10.4. The van der Waals surface area contributed by atoms with Crippen molar-refractivity contribution in [1.29, 1.82) is 0 Å². The van der Waals surface area contributed by atoms with Gasteiger partial charge in [-0.05, 0) is 43.2 Å². The summed E-state index contributed by atoms with van der Waals surface area (Å²) in [6.07, 6.45) is 5.06. The average Bonchev–Trinajstić information content (AvgIpc) is 3.01. The Bertz CT molecular complexity index is 460. The highest BCUT2D eigenvalue weighted by Crippen LogP contribution is 2.44. The zero-order chi connectivity index (χ0) is 12.5. The lowest BCUT2D eigenvalue weighted by Crippen LogP contribution is -2.38. The van der Waals surface area contributed by atoms with E-state index in [4.69, 9.17) is 5.84 Å². The topological polar surface area (TPSA) is 67.1 Å². The van der Waals surface area contributed by atoms with Gasteiger partial charge in [0.15, 0.2) is 0 Å². The van der Waals surface area contributed by atoms with Crippen LogP contribution in [0.1, 0.15) is 36.0 Å². The third-order valence-corrected chi connectivity index (χ3v) is 4.38. The van der Waals surface area contributed by atoms with Gasteiger partial charge in [-0.25, -0.2) is 0 Å². The Morgan fingerprint density at radius 2 is 2.06 bits per heavy atom. The van der Waals surface area contributed by atoms with E-state index >= 15 is 0 Å². The van der Waals surface area contributed by atoms with Gasteiger partial charge in [0, 0.05) is 6.04 Å². The molecule has 3 unspecified atom stereocenters. The number of benzene rings is 1. The molecule has 18 heavy (non-hydrogen) atoms. The van der Waals surface area contributed by atoms with Gasteiger partial charge in [-0.3, -0.25) is 10.6 Å². The van der Waals surface area contributed by atoms with Crippen LogP contribution in [-0.2, 0) is 0 Å². The van der Waals surface area contributed by atoms with Crippen LogP contribution < -0.4 is 16.6 Å². The van der Waals surface area contributed by atoms with E-state index < -0.39 is 0 Å². The van der Waals surface area contributed by atoms with Crippen LogP contribution in [0, 0.1) is 11.8 Å². The molecule has 0 heterocycles. The molecule has 4 nitrogen and oxygen atoms in total. The molecular weight excluding hydrogens is 226 g/mol. The van der Waals surface area contributed by atoms with E-state index in [0.29, 0.717) is 23.2 Å². The van der Waals surface area contributed by atoms with Crippen LogP contribution in [0.3, 0.4) is 0 Å². The molecular formula is C14H19N3O. The maximum absolute atomic E-state index is 12.3. The lowest BCUT2D eigenvalue weighted by Gasteiger charge is -2.23. The number of rotatable bonds is 3. The Labute approximate surface area is 107 Å². The number of fused-ring (bicyclic) bond motifs is 2. The van der Waals surface area contributed by atoms with Gasteiger partial charge in [-0.1, -0.05) is 18.6 Å². The van der Waals surface area contributed by atoms with E-state index in [2.05, 4.69) is 10.7 Å². The maximum Gasteiger partial charge on any atom is 0.253 e. The lowest BCUT2D eigenvalue weighted by atomic mass is 9.95. The molecule has 4 heteroatoms. The summed E-state index contributed by atoms with van der Waals surface area (Å²) in [5.41, 5.74) is 3.88. The Kier molecular flexibility index (Phi) is 2.96. The second-order valence-electron chi connectivity index (χ2n) is 5.44. The monoisotopic (exact) mass is 245 g/mol. The highest BCUT2D eigenvalue weighted by Gasteiger charge is 2.40. The van der Waals surface area contributed by atoms with Gasteiger partial charge in [0.05, 0.1) is 11.3 Å². The molecule has 3 atom stereocenters. The molecule has 0 aliphatic heterocycles. The van der Waals surface area contributed by atoms with E-state index in [1.54, 1.807) is 6.07 Å². The van der Waals surface area contributed by atoms with Gasteiger partial charge >= 0.3 is 0 Å². The maximum atomic E-state index is 12.3. The number of nitrogens with two attached hydrogens (primary N) is 1. The van der Waals surface area contributed by atoms with Crippen molar-refractivity contribution < 1.29 is 4.79 Å². The standard InChI is InChI=1S/C14H19N3O/c15-17-12-4-2-1-3-11(12)14(18)16-13-8-9-5-6-10(13)7-9/h1-4,9-10,13,17H,5-8,15H2,(H,16,18). The molecule has 2 saturated carbocycles. The number of carbonyl (C=O) groups is 1. The largest absolute Gasteiger partial charge is 0.349 e. The molecule has 1 amide bonds. The number of nitrogen functional groups attached to an aromatic ring is 1. The number of carbonyl (C=O) groups excluding carboxylic acids is 1. The molecule has 2 bridgehead atoms. The Morgan fingerprint density at radius 3 is 2.72 bits per heavy atom. The summed E-state index contributed by atoms with van der Waals surface area (Å²) in [5, 5.41) is 3.17. The first-order valence-electron chi connectivity index (χ1n) is 6.64. The summed E-state index contributed by atoms with van der Waals surface area (Å²) in [6.45, 7) is 0. The summed E-state index contributed by atoms with van der Waals surface area (Å²) in [5.74, 6) is 6.94. The van der Waals surface area contributed by atoms with Crippen LogP contribution in [0.25, 0.3) is 0 Å². The van der Waals surface area contributed by atoms with Crippen molar-refractivity contribution in [2.75, 3.05) is 5.43 Å². The summed E-state index contributed by atoms with van der Waals surface area (Å²) >= 11 is 0. The van der Waals surface area contributed by atoms with Crippen molar-refractivity contribution in [2.45, 2.75) is 31.7 Å². The van der Waals surface area contributed by atoms with Gasteiger partial charge in [0.1, 0.15) is 0 Å². The third kappa shape index (κ3) is 1.97. The summed E-state index contributed by atoms with van der Waals surface area (Å²) < 4.78 is 0. The SMILES string of the molecule is NNc1ccccc1C(=O)NC1CC2CCC1C2. The van der Waals surface area contributed by atoms with Gasteiger partial charge in [0.2, 0.25) is 0 Å². The fraction of sp³-hybridized carbons (Fsp3) is 0.500. The highest BCUT2D eigenvalue weighted by molar-refractivity contribution is 5.99. The Balaban J connectivity index is 1.71. The summed E-state index contributed by atoms with van der Waals surface area (Å²) in [7, 11) is 0. The lowest BCUT2D eigenvalue weighted by molar-refractivity contribution is 0.0923. The molecule has 4 N–H and O–H groups in total. The Hall–Kier alpha value is -1.55.